The molecule has 4 nitrogen and oxygen atoms in total. The molecule has 0 aliphatic carbocycles. The fourth-order valence-electron chi connectivity index (χ4n) is 2.48. The van der Waals surface area contributed by atoms with Gasteiger partial charge in [-0.1, -0.05) is 13.0 Å². The average Bonchev–Trinajstić information content (AvgIpc) is 2.44. The second-order valence-electron chi connectivity index (χ2n) is 5.06. The third-order valence-electron chi connectivity index (χ3n) is 3.67. The second-order valence-corrected chi connectivity index (χ2v) is 5.06. The Labute approximate surface area is 118 Å². The quantitative estimate of drug-likeness (QED) is 0.831. The van der Waals surface area contributed by atoms with Crippen molar-refractivity contribution in [3.8, 4) is 0 Å². The Morgan fingerprint density at radius 3 is 2.75 bits per heavy atom. The Morgan fingerprint density at radius 2 is 2.10 bits per heavy atom. The van der Waals surface area contributed by atoms with Gasteiger partial charge in [0.25, 0.3) is 0 Å². The van der Waals surface area contributed by atoms with Crippen molar-refractivity contribution in [2.45, 2.75) is 33.2 Å². The van der Waals surface area contributed by atoms with Gasteiger partial charge in [0.1, 0.15) is 11.9 Å². The van der Waals surface area contributed by atoms with E-state index >= 15 is 0 Å². The number of rotatable bonds is 2. The molecule has 2 rings (SSSR count). The Kier molecular flexibility index (Phi) is 4.06. The number of halogens is 1. The molecule has 1 aliphatic heterocycles. The number of hydrogen-bond donors (Lipinski definition) is 0. The first-order valence-electron chi connectivity index (χ1n) is 6.82. The summed E-state index contributed by atoms with van der Waals surface area (Å²) in [7, 11) is 0. The number of carbonyl (C=O) groups is 2. The molecule has 0 bridgehead atoms. The lowest BCUT2D eigenvalue weighted by Gasteiger charge is -2.39. The van der Waals surface area contributed by atoms with Gasteiger partial charge in [0, 0.05) is 19.5 Å². The number of nitrogens with zero attached hydrogens (tertiary/aromatic N) is 2. The van der Waals surface area contributed by atoms with Crippen molar-refractivity contribution in [2.75, 3.05) is 18.0 Å². The van der Waals surface area contributed by atoms with Crippen molar-refractivity contribution < 1.29 is 14.0 Å². The number of piperazine rings is 1. The van der Waals surface area contributed by atoms with Crippen LogP contribution in [0.15, 0.2) is 18.2 Å². The number of amides is 2. The zero-order valence-corrected chi connectivity index (χ0v) is 12.0. The van der Waals surface area contributed by atoms with Crippen LogP contribution in [-0.4, -0.2) is 35.8 Å². The topological polar surface area (TPSA) is 40.6 Å². The highest BCUT2D eigenvalue weighted by atomic mass is 19.1. The van der Waals surface area contributed by atoms with Gasteiger partial charge in [-0.15, -0.1) is 0 Å². The van der Waals surface area contributed by atoms with E-state index in [1.165, 1.54) is 11.0 Å². The van der Waals surface area contributed by atoms with Crippen LogP contribution in [0.2, 0.25) is 0 Å². The van der Waals surface area contributed by atoms with E-state index in [2.05, 4.69) is 0 Å². The molecule has 0 spiro atoms. The first-order valence-corrected chi connectivity index (χ1v) is 6.82. The van der Waals surface area contributed by atoms with Crippen LogP contribution in [0.1, 0.15) is 25.8 Å². The van der Waals surface area contributed by atoms with E-state index < -0.39 is 11.9 Å². The fourth-order valence-corrected chi connectivity index (χ4v) is 2.48. The summed E-state index contributed by atoms with van der Waals surface area (Å²) in [6.45, 7) is 6.08. The summed E-state index contributed by atoms with van der Waals surface area (Å²) < 4.78 is 13.9. The summed E-state index contributed by atoms with van der Waals surface area (Å²) >= 11 is 0. The van der Waals surface area contributed by atoms with Gasteiger partial charge in [0.05, 0.1) is 5.69 Å². The van der Waals surface area contributed by atoms with Gasteiger partial charge in [-0.05, 0) is 31.5 Å². The maximum Gasteiger partial charge on any atom is 0.249 e. The van der Waals surface area contributed by atoms with Crippen LogP contribution in [0.3, 0.4) is 0 Å². The third-order valence-corrected chi connectivity index (χ3v) is 3.67. The van der Waals surface area contributed by atoms with E-state index in [1.54, 1.807) is 30.9 Å². The van der Waals surface area contributed by atoms with Crippen molar-refractivity contribution in [1.82, 2.24) is 4.90 Å². The monoisotopic (exact) mass is 278 g/mol. The van der Waals surface area contributed by atoms with Crippen LogP contribution < -0.4 is 4.90 Å². The molecule has 20 heavy (non-hydrogen) atoms. The van der Waals surface area contributed by atoms with Crippen LogP contribution in [-0.2, 0) is 9.59 Å². The van der Waals surface area contributed by atoms with E-state index in [9.17, 15) is 14.0 Å². The van der Waals surface area contributed by atoms with Crippen molar-refractivity contribution in [3.05, 3.63) is 29.6 Å². The highest BCUT2D eigenvalue weighted by Gasteiger charge is 2.35. The van der Waals surface area contributed by atoms with Gasteiger partial charge in [-0.2, -0.15) is 0 Å². The molecule has 0 radical (unpaired) electrons. The summed E-state index contributed by atoms with van der Waals surface area (Å²) in [6, 6.07) is 4.16. The summed E-state index contributed by atoms with van der Waals surface area (Å²) in [6.07, 6.45) is 0.371. The molecule has 1 aliphatic rings. The maximum atomic E-state index is 13.9. The van der Waals surface area contributed by atoms with E-state index in [0.717, 1.165) is 5.56 Å². The molecule has 2 amide bonds. The van der Waals surface area contributed by atoms with Gasteiger partial charge >= 0.3 is 0 Å². The van der Waals surface area contributed by atoms with Gasteiger partial charge in [-0.3, -0.25) is 9.59 Å². The molecule has 1 atom stereocenters. The number of carbonyl (C=O) groups excluding carboxylic acids is 2. The number of anilines is 1. The SMILES string of the molecule is CCC(=O)N1CCN(c2cc(C)ccc2F)C(=O)[C@@H]1C. The van der Waals surface area contributed by atoms with Crippen molar-refractivity contribution >= 4 is 17.5 Å². The van der Waals surface area contributed by atoms with Gasteiger partial charge < -0.3 is 9.80 Å². The minimum Gasteiger partial charge on any atom is -0.329 e. The Hall–Kier alpha value is -1.91. The standard InChI is InChI=1S/C15H19FN2O2/c1-4-14(19)17-7-8-18(15(20)11(17)3)13-9-10(2)5-6-12(13)16/h5-6,9,11H,4,7-8H2,1-3H3/t11-/m0/s1. The summed E-state index contributed by atoms with van der Waals surface area (Å²) in [4.78, 5) is 27.2. The minimum atomic E-state index is -0.545. The summed E-state index contributed by atoms with van der Waals surface area (Å²) in [5, 5.41) is 0. The molecule has 5 heteroatoms. The van der Waals surface area contributed by atoms with E-state index in [-0.39, 0.29) is 11.8 Å². The normalized spacial score (nSPS) is 19.4. The van der Waals surface area contributed by atoms with Crippen molar-refractivity contribution in [3.63, 3.8) is 0 Å². The lowest BCUT2D eigenvalue weighted by Crippen LogP contribution is -2.57. The molecule has 0 N–H and O–H groups in total. The third kappa shape index (κ3) is 2.53. The zero-order valence-electron chi connectivity index (χ0n) is 12.0. The minimum absolute atomic E-state index is 0.0461. The van der Waals surface area contributed by atoms with E-state index in [0.29, 0.717) is 25.2 Å². The summed E-state index contributed by atoms with van der Waals surface area (Å²) in [5.74, 6) is -0.691. The van der Waals surface area contributed by atoms with Gasteiger partial charge in [-0.25, -0.2) is 4.39 Å². The lowest BCUT2D eigenvalue weighted by atomic mass is 10.1. The molecule has 1 fully saturated rings. The van der Waals surface area contributed by atoms with Gasteiger partial charge in [0.15, 0.2) is 0 Å². The van der Waals surface area contributed by atoms with Crippen molar-refractivity contribution in [1.29, 1.82) is 0 Å². The van der Waals surface area contributed by atoms with Crippen LogP contribution in [0.4, 0.5) is 10.1 Å². The number of hydrogen-bond acceptors (Lipinski definition) is 2. The molecular weight excluding hydrogens is 259 g/mol. The van der Waals surface area contributed by atoms with Crippen LogP contribution in [0.5, 0.6) is 0 Å². The molecule has 1 aromatic rings. The second kappa shape index (κ2) is 5.61. The lowest BCUT2D eigenvalue weighted by molar-refractivity contribution is -0.140. The highest BCUT2D eigenvalue weighted by Crippen LogP contribution is 2.25. The fraction of sp³-hybridized carbons (Fsp3) is 0.467. The molecular formula is C15H19FN2O2. The molecule has 0 saturated carbocycles. The molecule has 0 aromatic heterocycles. The first-order chi connectivity index (χ1) is 9.45. The molecule has 1 saturated heterocycles. The van der Waals surface area contributed by atoms with Crippen LogP contribution in [0.25, 0.3) is 0 Å². The first kappa shape index (κ1) is 14.5. The predicted octanol–water partition coefficient (Wildman–Crippen LogP) is 2.11. The van der Waals surface area contributed by atoms with Crippen LogP contribution in [0, 0.1) is 12.7 Å². The molecule has 1 aromatic carbocycles. The Morgan fingerprint density at radius 1 is 1.40 bits per heavy atom. The van der Waals surface area contributed by atoms with E-state index in [4.69, 9.17) is 0 Å². The maximum absolute atomic E-state index is 13.9. The zero-order chi connectivity index (χ0) is 14.9. The Balaban J connectivity index is 2.27. The van der Waals surface area contributed by atoms with Gasteiger partial charge in [0.2, 0.25) is 11.8 Å². The van der Waals surface area contributed by atoms with E-state index in [1.807, 2.05) is 6.92 Å². The molecule has 108 valence electrons. The molecule has 1 heterocycles. The number of aryl methyl sites for hydroxylation is 1. The largest absolute Gasteiger partial charge is 0.329 e. The summed E-state index contributed by atoms with van der Waals surface area (Å²) in [5.41, 5.74) is 1.19. The average molecular weight is 278 g/mol. The molecule has 0 unspecified atom stereocenters. The number of benzene rings is 1. The predicted molar refractivity (Wildman–Crippen MR) is 75.0 cm³/mol. The Bertz CT molecular complexity index is 545. The highest BCUT2D eigenvalue weighted by molar-refractivity contribution is 6.00. The van der Waals surface area contributed by atoms with Crippen molar-refractivity contribution in [2.24, 2.45) is 0 Å². The van der Waals surface area contributed by atoms with Crippen LogP contribution >= 0.6 is 0 Å². The smallest absolute Gasteiger partial charge is 0.249 e.